The van der Waals surface area contributed by atoms with E-state index in [4.69, 9.17) is 23.2 Å². The molecule has 1 rings (SSSR count). The molecule has 0 radical (unpaired) electrons. The van der Waals surface area contributed by atoms with E-state index in [9.17, 15) is 0 Å². The van der Waals surface area contributed by atoms with Gasteiger partial charge in [0.05, 0.1) is 4.34 Å². The maximum absolute atomic E-state index is 5.77. The predicted octanol–water partition coefficient (Wildman–Crippen LogP) is 3.12. The van der Waals surface area contributed by atoms with E-state index in [0.29, 0.717) is 0 Å². The van der Waals surface area contributed by atoms with Crippen molar-refractivity contribution in [1.82, 2.24) is 5.32 Å². The molecule has 0 spiro atoms. The lowest BCUT2D eigenvalue weighted by molar-refractivity contribution is 0.684. The summed E-state index contributed by atoms with van der Waals surface area (Å²) in [5.41, 5.74) is 0. The van der Waals surface area contributed by atoms with Crippen molar-refractivity contribution in [1.29, 1.82) is 0 Å². The lowest BCUT2D eigenvalue weighted by Gasteiger charge is -1.99. The molecule has 1 aromatic rings. The zero-order valence-electron chi connectivity index (χ0n) is 6.65. The largest absolute Gasteiger partial charge is 0.312 e. The maximum atomic E-state index is 5.77. The van der Waals surface area contributed by atoms with Gasteiger partial charge in [0.2, 0.25) is 0 Å². The van der Waals surface area contributed by atoms with E-state index in [1.165, 1.54) is 4.88 Å². The summed E-state index contributed by atoms with van der Waals surface area (Å²) in [6.45, 7) is 1.87. The number of nitrogens with one attached hydrogen (secondary N) is 1. The molecule has 1 heterocycles. The van der Waals surface area contributed by atoms with Crippen LogP contribution >= 0.6 is 34.5 Å². The van der Waals surface area contributed by atoms with Crippen molar-refractivity contribution in [3.8, 4) is 0 Å². The lowest BCUT2D eigenvalue weighted by atomic mass is 10.4. The van der Waals surface area contributed by atoms with Crippen molar-refractivity contribution in [3.63, 3.8) is 0 Å². The van der Waals surface area contributed by atoms with Crippen LogP contribution in [-0.4, -0.2) is 12.4 Å². The molecular formula is C8H11Cl2NS. The fourth-order valence-corrected chi connectivity index (χ4v) is 2.04. The van der Waals surface area contributed by atoms with Gasteiger partial charge in [-0.15, -0.1) is 22.9 Å². The van der Waals surface area contributed by atoms with Gasteiger partial charge in [0.1, 0.15) is 0 Å². The molecule has 1 N–H and O–H groups in total. The van der Waals surface area contributed by atoms with Gasteiger partial charge in [-0.1, -0.05) is 11.6 Å². The Hall–Kier alpha value is 0.240. The minimum atomic E-state index is 0.720. The number of hydrogen-bond donors (Lipinski definition) is 1. The quantitative estimate of drug-likeness (QED) is 0.598. The molecule has 0 unspecified atom stereocenters. The number of rotatable bonds is 5. The smallest absolute Gasteiger partial charge is 0.0931 e. The van der Waals surface area contributed by atoms with Gasteiger partial charge in [0, 0.05) is 17.3 Å². The highest BCUT2D eigenvalue weighted by atomic mass is 35.5. The SMILES string of the molecule is ClCCCNCc1ccc(Cl)s1. The molecule has 0 aliphatic heterocycles. The summed E-state index contributed by atoms with van der Waals surface area (Å²) in [7, 11) is 0. The summed E-state index contributed by atoms with van der Waals surface area (Å²) in [6, 6.07) is 3.96. The normalized spacial score (nSPS) is 10.5. The molecule has 0 saturated carbocycles. The van der Waals surface area contributed by atoms with Crippen LogP contribution in [0.5, 0.6) is 0 Å². The molecular weight excluding hydrogens is 213 g/mol. The van der Waals surface area contributed by atoms with Crippen LogP contribution in [0.3, 0.4) is 0 Å². The molecule has 0 atom stereocenters. The molecule has 0 aliphatic rings. The number of alkyl halides is 1. The fourth-order valence-electron chi connectivity index (χ4n) is 0.850. The van der Waals surface area contributed by atoms with E-state index in [1.807, 2.05) is 12.1 Å². The van der Waals surface area contributed by atoms with Crippen molar-refractivity contribution in [2.45, 2.75) is 13.0 Å². The van der Waals surface area contributed by atoms with E-state index >= 15 is 0 Å². The highest BCUT2D eigenvalue weighted by Gasteiger charge is 1.95. The molecule has 0 aromatic carbocycles. The van der Waals surface area contributed by atoms with Gasteiger partial charge in [-0.05, 0) is 25.1 Å². The van der Waals surface area contributed by atoms with E-state index in [0.717, 1.165) is 29.7 Å². The molecule has 0 bridgehead atoms. The topological polar surface area (TPSA) is 12.0 Å². The minimum Gasteiger partial charge on any atom is -0.312 e. The number of halogens is 2. The second-order valence-corrected chi connectivity index (χ2v) is 4.60. The standard InChI is InChI=1S/C8H11Cl2NS/c9-4-1-5-11-6-7-2-3-8(10)12-7/h2-3,11H,1,4-6H2. The van der Waals surface area contributed by atoms with Crippen LogP contribution in [0.2, 0.25) is 4.34 Å². The first kappa shape index (κ1) is 10.3. The van der Waals surface area contributed by atoms with Gasteiger partial charge in [-0.2, -0.15) is 0 Å². The zero-order valence-corrected chi connectivity index (χ0v) is 8.98. The van der Waals surface area contributed by atoms with Crippen molar-refractivity contribution in [2.24, 2.45) is 0 Å². The summed E-state index contributed by atoms with van der Waals surface area (Å²) in [4.78, 5) is 1.27. The highest BCUT2D eigenvalue weighted by molar-refractivity contribution is 7.16. The second kappa shape index (κ2) is 5.81. The molecule has 4 heteroatoms. The Labute approximate surface area is 86.7 Å². The maximum Gasteiger partial charge on any atom is 0.0931 e. The summed E-state index contributed by atoms with van der Waals surface area (Å²) in [6.07, 6.45) is 1.01. The van der Waals surface area contributed by atoms with Gasteiger partial charge in [-0.25, -0.2) is 0 Å². The van der Waals surface area contributed by atoms with Gasteiger partial charge in [-0.3, -0.25) is 0 Å². The Morgan fingerprint density at radius 3 is 2.83 bits per heavy atom. The van der Waals surface area contributed by atoms with Crippen LogP contribution in [0.1, 0.15) is 11.3 Å². The molecule has 68 valence electrons. The second-order valence-electron chi connectivity index (χ2n) is 2.43. The first-order valence-corrected chi connectivity index (χ1v) is 5.56. The van der Waals surface area contributed by atoms with Crippen LogP contribution in [-0.2, 0) is 6.54 Å². The Kier molecular flexibility index (Phi) is 5.00. The summed E-state index contributed by atoms with van der Waals surface area (Å²) in [5.74, 6) is 0.720. The van der Waals surface area contributed by atoms with Gasteiger partial charge >= 0.3 is 0 Å². The zero-order chi connectivity index (χ0) is 8.81. The Morgan fingerprint density at radius 1 is 1.42 bits per heavy atom. The lowest BCUT2D eigenvalue weighted by Crippen LogP contribution is -2.13. The van der Waals surface area contributed by atoms with Gasteiger partial charge in [0.25, 0.3) is 0 Å². The minimum absolute atomic E-state index is 0.720. The Bertz CT molecular complexity index is 225. The van der Waals surface area contributed by atoms with Crippen LogP contribution in [0.25, 0.3) is 0 Å². The average Bonchev–Trinajstić information content (AvgIpc) is 2.45. The molecule has 0 aliphatic carbocycles. The number of hydrogen-bond acceptors (Lipinski definition) is 2. The third-order valence-electron chi connectivity index (χ3n) is 1.42. The van der Waals surface area contributed by atoms with E-state index in [1.54, 1.807) is 11.3 Å². The van der Waals surface area contributed by atoms with Crippen molar-refractivity contribution < 1.29 is 0 Å². The summed E-state index contributed by atoms with van der Waals surface area (Å²) >= 11 is 12.9. The highest BCUT2D eigenvalue weighted by Crippen LogP contribution is 2.20. The van der Waals surface area contributed by atoms with Crippen LogP contribution in [0.15, 0.2) is 12.1 Å². The van der Waals surface area contributed by atoms with Crippen molar-refractivity contribution in [3.05, 3.63) is 21.3 Å². The summed E-state index contributed by atoms with van der Waals surface area (Å²) < 4.78 is 0.851. The van der Waals surface area contributed by atoms with E-state index < -0.39 is 0 Å². The molecule has 12 heavy (non-hydrogen) atoms. The van der Waals surface area contributed by atoms with Crippen molar-refractivity contribution in [2.75, 3.05) is 12.4 Å². The summed E-state index contributed by atoms with van der Waals surface area (Å²) in [5, 5.41) is 3.28. The van der Waals surface area contributed by atoms with Gasteiger partial charge < -0.3 is 5.32 Å². The first-order valence-electron chi connectivity index (χ1n) is 3.84. The van der Waals surface area contributed by atoms with Crippen molar-refractivity contribution >= 4 is 34.5 Å². The van der Waals surface area contributed by atoms with Crippen LogP contribution in [0, 0.1) is 0 Å². The van der Waals surface area contributed by atoms with Crippen LogP contribution in [0.4, 0.5) is 0 Å². The molecule has 0 fully saturated rings. The van der Waals surface area contributed by atoms with E-state index in [-0.39, 0.29) is 0 Å². The molecule has 0 saturated heterocycles. The van der Waals surface area contributed by atoms with E-state index in [2.05, 4.69) is 5.32 Å². The molecule has 0 amide bonds. The molecule has 1 nitrogen and oxygen atoms in total. The van der Waals surface area contributed by atoms with Crippen LogP contribution < -0.4 is 5.32 Å². The Balaban J connectivity index is 2.15. The average molecular weight is 224 g/mol. The third-order valence-corrected chi connectivity index (χ3v) is 2.91. The fraction of sp³-hybridized carbons (Fsp3) is 0.500. The monoisotopic (exact) mass is 223 g/mol. The predicted molar refractivity (Wildman–Crippen MR) is 56.4 cm³/mol. The van der Waals surface area contributed by atoms with Gasteiger partial charge in [0.15, 0.2) is 0 Å². The molecule has 1 aromatic heterocycles. The Morgan fingerprint density at radius 2 is 2.25 bits per heavy atom. The third kappa shape index (κ3) is 3.76. The first-order chi connectivity index (χ1) is 5.83. The number of thiophene rings is 1.